The van der Waals surface area contributed by atoms with E-state index in [1.165, 1.54) is 0 Å². The second-order valence-electron chi connectivity index (χ2n) is 5.33. The van der Waals surface area contributed by atoms with Gasteiger partial charge < -0.3 is 25.2 Å². The highest BCUT2D eigenvalue weighted by atomic mass is 16.5. The number of piperidine rings is 1. The predicted molar refractivity (Wildman–Crippen MR) is 74.5 cm³/mol. The van der Waals surface area contributed by atoms with Gasteiger partial charge in [-0.1, -0.05) is 0 Å². The van der Waals surface area contributed by atoms with Gasteiger partial charge in [0.1, 0.15) is 6.54 Å². The Morgan fingerprint density at radius 3 is 2.80 bits per heavy atom. The zero-order valence-corrected chi connectivity index (χ0v) is 12.1. The molecule has 0 aromatic rings. The molecular weight excluding hydrogens is 260 g/mol. The van der Waals surface area contributed by atoms with Gasteiger partial charge in [0, 0.05) is 45.9 Å². The number of nitrogens with one attached hydrogen (secondary N) is 2. The number of hydrogen-bond donors (Lipinski definition) is 2. The summed E-state index contributed by atoms with van der Waals surface area (Å²) < 4.78 is 5.07. The molecule has 2 saturated heterocycles. The molecule has 2 heterocycles. The van der Waals surface area contributed by atoms with Crippen LogP contribution in [0.3, 0.4) is 0 Å². The van der Waals surface area contributed by atoms with Crippen molar-refractivity contribution >= 4 is 11.9 Å². The first-order valence-corrected chi connectivity index (χ1v) is 7.22. The number of nitrogens with zero attached hydrogens (tertiary/aromatic N) is 2. The van der Waals surface area contributed by atoms with Crippen LogP contribution in [0.25, 0.3) is 0 Å². The van der Waals surface area contributed by atoms with Gasteiger partial charge in [-0.15, -0.1) is 0 Å². The van der Waals surface area contributed by atoms with Crippen molar-refractivity contribution in [2.24, 2.45) is 0 Å². The molecule has 2 aliphatic rings. The normalized spacial score (nSPS) is 21.6. The highest BCUT2D eigenvalue weighted by Crippen LogP contribution is 2.10. The number of methoxy groups -OCH3 is 1. The summed E-state index contributed by atoms with van der Waals surface area (Å²) in [7, 11) is 1.71. The summed E-state index contributed by atoms with van der Waals surface area (Å²) in [6, 6.07) is 0.0986. The Morgan fingerprint density at radius 1 is 1.40 bits per heavy atom. The minimum absolute atomic E-state index is 0.0826. The number of hydrogen-bond acceptors (Lipinski definition) is 4. The Bertz CT molecular complexity index is 343. The van der Waals surface area contributed by atoms with Gasteiger partial charge in [-0.05, 0) is 12.8 Å². The second kappa shape index (κ2) is 7.44. The molecule has 2 N–H and O–H groups in total. The van der Waals surface area contributed by atoms with E-state index in [1.807, 2.05) is 0 Å². The maximum Gasteiger partial charge on any atom is 0.318 e. The van der Waals surface area contributed by atoms with E-state index in [1.54, 1.807) is 12.0 Å². The molecule has 2 fully saturated rings. The summed E-state index contributed by atoms with van der Waals surface area (Å²) in [5, 5.41) is 5.75. The van der Waals surface area contributed by atoms with Gasteiger partial charge in [-0.2, -0.15) is 0 Å². The fraction of sp³-hybridized carbons (Fsp3) is 0.846. The van der Waals surface area contributed by atoms with Crippen molar-refractivity contribution in [2.45, 2.75) is 18.9 Å². The van der Waals surface area contributed by atoms with Crippen molar-refractivity contribution in [1.82, 2.24) is 20.4 Å². The molecule has 0 aromatic heterocycles. The molecule has 0 atom stereocenters. The fourth-order valence-corrected chi connectivity index (χ4v) is 2.60. The van der Waals surface area contributed by atoms with Gasteiger partial charge in [-0.3, -0.25) is 4.79 Å². The lowest BCUT2D eigenvalue weighted by atomic mass is 10.1. The third kappa shape index (κ3) is 4.35. The fourth-order valence-electron chi connectivity index (χ4n) is 2.60. The Balaban J connectivity index is 1.69. The SMILES string of the molecule is COCCN1CCC(NC(=O)N2CCNC(=O)C2)CC1. The van der Waals surface area contributed by atoms with Crippen LogP contribution >= 0.6 is 0 Å². The predicted octanol–water partition coefficient (Wildman–Crippen LogP) is -0.761. The zero-order valence-electron chi connectivity index (χ0n) is 12.1. The first kappa shape index (κ1) is 15.1. The van der Waals surface area contributed by atoms with Crippen molar-refractivity contribution in [1.29, 1.82) is 0 Å². The molecule has 114 valence electrons. The smallest absolute Gasteiger partial charge is 0.318 e. The third-order valence-electron chi connectivity index (χ3n) is 3.85. The lowest BCUT2D eigenvalue weighted by Crippen LogP contribution is -2.55. The number of urea groups is 1. The summed E-state index contributed by atoms with van der Waals surface area (Å²) in [5.41, 5.74) is 0. The number of amides is 3. The molecule has 0 unspecified atom stereocenters. The van der Waals surface area contributed by atoms with Crippen LogP contribution in [0.2, 0.25) is 0 Å². The maximum atomic E-state index is 12.1. The topological polar surface area (TPSA) is 73.9 Å². The van der Waals surface area contributed by atoms with E-state index in [2.05, 4.69) is 15.5 Å². The lowest BCUT2D eigenvalue weighted by molar-refractivity contribution is -0.123. The highest BCUT2D eigenvalue weighted by Gasteiger charge is 2.25. The minimum atomic E-state index is -0.116. The largest absolute Gasteiger partial charge is 0.383 e. The Morgan fingerprint density at radius 2 is 2.15 bits per heavy atom. The molecule has 20 heavy (non-hydrogen) atoms. The average molecular weight is 284 g/mol. The molecule has 2 rings (SSSR count). The summed E-state index contributed by atoms with van der Waals surface area (Å²) in [6.45, 7) is 4.96. The summed E-state index contributed by atoms with van der Waals surface area (Å²) >= 11 is 0. The van der Waals surface area contributed by atoms with Crippen LogP contribution in [-0.4, -0.2) is 80.8 Å². The number of rotatable bonds is 4. The van der Waals surface area contributed by atoms with E-state index in [4.69, 9.17) is 4.74 Å². The lowest BCUT2D eigenvalue weighted by Gasteiger charge is -2.34. The van der Waals surface area contributed by atoms with Crippen LogP contribution in [-0.2, 0) is 9.53 Å². The first-order chi connectivity index (χ1) is 9.69. The van der Waals surface area contributed by atoms with Crippen molar-refractivity contribution in [3.63, 3.8) is 0 Å². The molecule has 0 saturated carbocycles. The molecule has 2 aliphatic heterocycles. The summed E-state index contributed by atoms with van der Waals surface area (Å²) in [6.07, 6.45) is 1.91. The van der Waals surface area contributed by atoms with E-state index in [9.17, 15) is 9.59 Å². The van der Waals surface area contributed by atoms with Crippen LogP contribution in [0.15, 0.2) is 0 Å². The van der Waals surface area contributed by atoms with Gasteiger partial charge in [0.25, 0.3) is 0 Å². The van der Waals surface area contributed by atoms with Crippen molar-refractivity contribution in [2.75, 3.05) is 53.0 Å². The van der Waals surface area contributed by atoms with E-state index < -0.39 is 0 Å². The number of carbonyl (C=O) groups excluding carboxylic acids is 2. The Hall–Kier alpha value is -1.34. The van der Waals surface area contributed by atoms with E-state index in [0.29, 0.717) is 13.1 Å². The van der Waals surface area contributed by atoms with Crippen LogP contribution in [0.5, 0.6) is 0 Å². The zero-order chi connectivity index (χ0) is 14.4. The maximum absolute atomic E-state index is 12.1. The molecule has 0 spiro atoms. The molecule has 0 radical (unpaired) electrons. The molecule has 0 bridgehead atoms. The summed E-state index contributed by atoms with van der Waals surface area (Å²) in [4.78, 5) is 27.3. The number of ether oxygens (including phenoxy) is 1. The van der Waals surface area contributed by atoms with Gasteiger partial charge in [0.2, 0.25) is 5.91 Å². The third-order valence-corrected chi connectivity index (χ3v) is 3.85. The minimum Gasteiger partial charge on any atom is -0.383 e. The number of likely N-dealkylation sites (tertiary alicyclic amines) is 1. The van der Waals surface area contributed by atoms with Crippen molar-refractivity contribution in [3.05, 3.63) is 0 Å². The number of carbonyl (C=O) groups is 2. The molecular formula is C13H24N4O3. The quantitative estimate of drug-likeness (QED) is 0.711. The van der Waals surface area contributed by atoms with Crippen LogP contribution in [0.1, 0.15) is 12.8 Å². The van der Waals surface area contributed by atoms with Gasteiger partial charge in [0.15, 0.2) is 0 Å². The van der Waals surface area contributed by atoms with Gasteiger partial charge in [0.05, 0.1) is 6.61 Å². The van der Waals surface area contributed by atoms with Gasteiger partial charge in [-0.25, -0.2) is 4.79 Å². The van der Waals surface area contributed by atoms with Crippen molar-refractivity contribution < 1.29 is 14.3 Å². The Kier molecular flexibility index (Phi) is 5.60. The van der Waals surface area contributed by atoms with Gasteiger partial charge >= 0.3 is 6.03 Å². The molecule has 3 amide bonds. The van der Waals surface area contributed by atoms with E-state index in [0.717, 1.165) is 39.1 Å². The molecule has 7 nitrogen and oxygen atoms in total. The van der Waals surface area contributed by atoms with E-state index in [-0.39, 0.29) is 24.5 Å². The van der Waals surface area contributed by atoms with E-state index >= 15 is 0 Å². The monoisotopic (exact) mass is 284 g/mol. The van der Waals surface area contributed by atoms with Crippen LogP contribution in [0.4, 0.5) is 4.79 Å². The average Bonchev–Trinajstić information content (AvgIpc) is 2.46. The molecule has 0 aromatic carbocycles. The molecule has 7 heteroatoms. The standard InChI is InChI=1S/C13H24N4O3/c1-20-9-8-16-5-2-11(3-6-16)15-13(19)17-7-4-14-12(18)10-17/h11H,2-10H2,1H3,(H,14,18)(H,15,19). The first-order valence-electron chi connectivity index (χ1n) is 7.22. The van der Waals surface area contributed by atoms with Crippen molar-refractivity contribution in [3.8, 4) is 0 Å². The van der Waals surface area contributed by atoms with Crippen LogP contribution < -0.4 is 10.6 Å². The Labute approximate surface area is 119 Å². The highest BCUT2D eigenvalue weighted by molar-refractivity contribution is 5.85. The second-order valence-corrected chi connectivity index (χ2v) is 5.33. The van der Waals surface area contributed by atoms with Crippen LogP contribution in [0, 0.1) is 0 Å². The summed E-state index contributed by atoms with van der Waals surface area (Å²) in [5.74, 6) is -0.0826. The molecule has 0 aliphatic carbocycles. The number of piperazine rings is 1.